The Hall–Kier alpha value is -1.38. The first-order valence-electron chi connectivity index (χ1n) is 7.83. The van der Waals surface area contributed by atoms with E-state index in [2.05, 4.69) is 5.32 Å². The van der Waals surface area contributed by atoms with Crippen molar-refractivity contribution in [2.45, 2.75) is 37.4 Å². The van der Waals surface area contributed by atoms with Crippen LogP contribution in [0.15, 0.2) is 22.8 Å². The summed E-state index contributed by atoms with van der Waals surface area (Å²) in [6.45, 7) is 1.32. The van der Waals surface area contributed by atoms with Crippen molar-refractivity contribution in [2.24, 2.45) is 0 Å². The van der Waals surface area contributed by atoms with Gasteiger partial charge in [-0.1, -0.05) is 0 Å². The predicted octanol–water partition coefficient (Wildman–Crippen LogP) is 0.983. The number of nitrogens with one attached hydrogen (secondary N) is 1. The highest BCUT2D eigenvalue weighted by Gasteiger charge is 2.45. The summed E-state index contributed by atoms with van der Waals surface area (Å²) in [6.07, 6.45) is 6.00. The second kappa shape index (κ2) is 6.26. The van der Waals surface area contributed by atoms with Gasteiger partial charge in [-0.25, -0.2) is 8.42 Å². The molecule has 3 heterocycles. The molecule has 0 bridgehead atoms. The van der Waals surface area contributed by atoms with Crippen LogP contribution >= 0.6 is 0 Å². The summed E-state index contributed by atoms with van der Waals surface area (Å²) in [4.78, 5) is 11.9. The first-order chi connectivity index (χ1) is 10.9. The molecule has 2 saturated heterocycles. The quantitative estimate of drug-likeness (QED) is 0.881. The highest BCUT2D eigenvalue weighted by molar-refractivity contribution is 7.88. The van der Waals surface area contributed by atoms with E-state index in [9.17, 15) is 13.2 Å². The van der Waals surface area contributed by atoms with Crippen LogP contribution in [0.2, 0.25) is 0 Å². The zero-order chi connectivity index (χ0) is 16.5. The van der Waals surface area contributed by atoms with Crippen molar-refractivity contribution in [3.63, 3.8) is 0 Å². The Bertz CT molecular complexity index is 657. The summed E-state index contributed by atoms with van der Waals surface area (Å²) in [5.74, 6) is 0.0158. The second-order valence-electron chi connectivity index (χ2n) is 6.35. The predicted molar refractivity (Wildman–Crippen MR) is 83.5 cm³/mol. The molecule has 1 aromatic rings. The van der Waals surface area contributed by atoms with Crippen LogP contribution in [0.1, 0.15) is 36.2 Å². The minimum atomic E-state index is -3.18. The molecule has 23 heavy (non-hydrogen) atoms. The minimum absolute atomic E-state index is 0.0952. The van der Waals surface area contributed by atoms with E-state index in [1.165, 1.54) is 16.8 Å². The topological polar surface area (TPSA) is 88.9 Å². The molecule has 0 saturated carbocycles. The minimum Gasteiger partial charge on any atom is -0.459 e. The Morgan fingerprint density at radius 1 is 1.48 bits per heavy atom. The van der Waals surface area contributed by atoms with Gasteiger partial charge in [0, 0.05) is 19.6 Å². The largest absolute Gasteiger partial charge is 0.459 e. The van der Waals surface area contributed by atoms with Crippen molar-refractivity contribution >= 4 is 15.9 Å². The van der Waals surface area contributed by atoms with Gasteiger partial charge in [-0.3, -0.25) is 4.79 Å². The van der Waals surface area contributed by atoms with Gasteiger partial charge in [0.25, 0.3) is 5.91 Å². The van der Waals surface area contributed by atoms with Gasteiger partial charge < -0.3 is 14.5 Å². The van der Waals surface area contributed by atoms with E-state index in [-0.39, 0.29) is 17.8 Å². The zero-order valence-electron chi connectivity index (χ0n) is 13.2. The van der Waals surface area contributed by atoms with E-state index in [1.54, 1.807) is 12.1 Å². The molecule has 2 aliphatic heterocycles. The SMILES string of the molecule is CS(=O)(=O)N1CC[C@]2(CCC[C@@H](CNC(=O)c3ccco3)O2)C1. The van der Waals surface area contributed by atoms with Crippen LogP contribution in [-0.4, -0.2) is 56.2 Å². The number of sulfonamides is 1. The molecule has 2 aliphatic rings. The summed E-state index contributed by atoms with van der Waals surface area (Å²) in [6, 6.07) is 3.28. The maximum Gasteiger partial charge on any atom is 0.287 e. The Morgan fingerprint density at radius 2 is 2.30 bits per heavy atom. The van der Waals surface area contributed by atoms with Crippen LogP contribution in [0, 0.1) is 0 Å². The number of hydrogen-bond acceptors (Lipinski definition) is 5. The maximum absolute atomic E-state index is 11.9. The molecule has 7 nitrogen and oxygen atoms in total. The van der Waals surface area contributed by atoms with Crippen molar-refractivity contribution in [1.82, 2.24) is 9.62 Å². The van der Waals surface area contributed by atoms with Crippen LogP contribution in [0.5, 0.6) is 0 Å². The van der Waals surface area contributed by atoms with Crippen LogP contribution < -0.4 is 5.32 Å². The fourth-order valence-corrected chi connectivity index (χ4v) is 4.25. The number of rotatable bonds is 4. The number of carbonyl (C=O) groups is 1. The molecule has 0 aliphatic carbocycles. The van der Waals surface area contributed by atoms with E-state index >= 15 is 0 Å². The van der Waals surface area contributed by atoms with Gasteiger partial charge in [0.2, 0.25) is 10.0 Å². The van der Waals surface area contributed by atoms with Crippen LogP contribution in [0.3, 0.4) is 0 Å². The molecule has 8 heteroatoms. The third-order valence-electron chi connectivity index (χ3n) is 4.56. The number of furan rings is 1. The molecule has 0 radical (unpaired) electrons. The van der Waals surface area contributed by atoms with Gasteiger partial charge in [-0.2, -0.15) is 4.31 Å². The lowest BCUT2D eigenvalue weighted by molar-refractivity contribution is -0.116. The van der Waals surface area contributed by atoms with Crippen molar-refractivity contribution in [2.75, 3.05) is 25.9 Å². The average Bonchev–Trinajstić information content (AvgIpc) is 3.15. The van der Waals surface area contributed by atoms with Gasteiger partial charge in [-0.15, -0.1) is 0 Å². The number of amides is 1. The van der Waals surface area contributed by atoms with Crippen molar-refractivity contribution in [3.05, 3.63) is 24.2 Å². The summed E-state index contributed by atoms with van der Waals surface area (Å²) >= 11 is 0. The summed E-state index contributed by atoms with van der Waals surface area (Å²) in [5, 5.41) is 2.81. The average molecular weight is 342 g/mol. The van der Waals surface area contributed by atoms with Crippen molar-refractivity contribution < 1.29 is 22.4 Å². The lowest BCUT2D eigenvalue weighted by atomic mass is 9.90. The Kier molecular flexibility index (Phi) is 4.48. The van der Waals surface area contributed by atoms with Crippen molar-refractivity contribution in [1.29, 1.82) is 0 Å². The standard InChI is InChI=1S/C15H22N2O5S/c1-23(19,20)17-8-7-15(11-17)6-2-4-12(22-15)10-16-14(18)13-5-3-9-21-13/h3,5,9,12H,2,4,6-8,10-11H2,1H3,(H,16,18)/t12-,15+/m0/s1. The molecule has 1 N–H and O–H groups in total. The highest BCUT2D eigenvalue weighted by atomic mass is 32.2. The Labute approximate surface area is 136 Å². The van der Waals surface area contributed by atoms with E-state index in [1.807, 2.05) is 0 Å². The molecule has 1 amide bonds. The third kappa shape index (κ3) is 3.76. The number of ether oxygens (including phenoxy) is 1. The maximum atomic E-state index is 11.9. The molecule has 3 rings (SSSR count). The molecular formula is C15H22N2O5S. The van der Waals surface area contributed by atoms with E-state index in [0.29, 0.717) is 26.1 Å². The molecular weight excluding hydrogens is 320 g/mol. The van der Waals surface area contributed by atoms with Crippen LogP contribution in [0.25, 0.3) is 0 Å². The van der Waals surface area contributed by atoms with E-state index < -0.39 is 15.6 Å². The van der Waals surface area contributed by atoms with Gasteiger partial charge >= 0.3 is 0 Å². The Morgan fingerprint density at radius 3 is 2.96 bits per heavy atom. The molecule has 0 unspecified atom stereocenters. The van der Waals surface area contributed by atoms with E-state index in [0.717, 1.165) is 19.3 Å². The molecule has 1 aromatic heterocycles. The van der Waals surface area contributed by atoms with Gasteiger partial charge in [0.1, 0.15) is 0 Å². The second-order valence-corrected chi connectivity index (χ2v) is 8.33. The van der Waals surface area contributed by atoms with Gasteiger partial charge in [-0.05, 0) is 37.8 Å². The molecule has 128 valence electrons. The number of hydrogen-bond donors (Lipinski definition) is 1. The number of carbonyl (C=O) groups excluding carboxylic acids is 1. The highest BCUT2D eigenvalue weighted by Crippen LogP contribution is 2.37. The monoisotopic (exact) mass is 342 g/mol. The molecule has 2 fully saturated rings. The lowest BCUT2D eigenvalue weighted by Gasteiger charge is -2.38. The normalized spacial score (nSPS) is 29.0. The van der Waals surface area contributed by atoms with E-state index in [4.69, 9.17) is 9.15 Å². The van der Waals surface area contributed by atoms with Crippen molar-refractivity contribution in [3.8, 4) is 0 Å². The lowest BCUT2D eigenvalue weighted by Crippen LogP contribution is -2.47. The molecule has 1 spiro atoms. The Balaban J connectivity index is 1.56. The van der Waals surface area contributed by atoms with Gasteiger partial charge in [0.05, 0.1) is 24.2 Å². The summed E-state index contributed by atoms with van der Waals surface area (Å²) in [5.41, 5.74) is -0.401. The van der Waals surface area contributed by atoms with Crippen LogP contribution in [-0.2, 0) is 14.8 Å². The summed E-state index contributed by atoms with van der Waals surface area (Å²) < 4.78 is 36.1. The number of nitrogens with zero attached hydrogens (tertiary/aromatic N) is 1. The van der Waals surface area contributed by atoms with Gasteiger partial charge in [0.15, 0.2) is 5.76 Å². The zero-order valence-corrected chi connectivity index (χ0v) is 14.0. The molecule has 0 aromatic carbocycles. The molecule has 2 atom stereocenters. The third-order valence-corrected chi connectivity index (χ3v) is 5.81. The first kappa shape index (κ1) is 16.5. The fourth-order valence-electron chi connectivity index (χ4n) is 3.36. The first-order valence-corrected chi connectivity index (χ1v) is 9.67. The van der Waals surface area contributed by atoms with Crippen LogP contribution in [0.4, 0.5) is 0 Å². The summed E-state index contributed by atoms with van der Waals surface area (Å²) in [7, 11) is -3.18. The fraction of sp³-hybridized carbons (Fsp3) is 0.667. The smallest absolute Gasteiger partial charge is 0.287 e.